The fourth-order valence-electron chi connectivity index (χ4n) is 2.31. The molecule has 1 rings (SSSR count). The molecule has 0 spiro atoms. The van der Waals surface area contributed by atoms with E-state index in [0.29, 0.717) is 6.42 Å². The SMILES string of the molecule is C=C(C)N[C@@](C)(Cc1ccccc1)C(=O)C(C)C. The van der Waals surface area contributed by atoms with E-state index in [1.54, 1.807) is 0 Å². The van der Waals surface area contributed by atoms with Gasteiger partial charge in [-0.1, -0.05) is 50.8 Å². The topological polar surface area (TPSA) is 29.1 Å². The zero-order valence-electron chi connectivity index (χ0n) is 11.8. The molecule has 1 aromatic carbocycles. The van der Waals surface area contributed by atoms with E-state index in [2.05, 4.69) is 11.9 Å². The van der Waals surface area contributed by atoms with E-state index in [-0.39, 0.29) is 11.7 Å². The van der Waals surface area contributed by atoms with Gasteiger partial charge in [-0.2, -0.15) is 0 Å². The molecule has 0 aliphatic carbocycles. The minimum absolute atomic E-state index is 0.00515. The second-order valence-corrected chi connectivity index (χ2v) is 5.42. The lowest BCUT2D eigenvalue weighted by Gasteiger charge is -2.32. The van der Waals surface area contributed by atoms with E-state index in [4.69, 9.17) is 0 Å². The second-order valence-electron chi connectivity index (χ2n) is 5.42. The third kappa shape index (κ3) is 3.73. The van der Waals surface area contributed by atoms with Crippen LogP contribution >= 0.6 is 0 Å². The average molecular weight is 245 g/mol. The molecule has 0 unspecified atom stereocenters. The van der Waals surface area contributed by atoms with Crippen LogP contribution in [0.5, 0.6) is 0 Å². The van der Waals surface area contributed by atoms with Gasteiger partial charge in [-0.3, -0.25) is 4.79 Å². The lowest BCUT2D eigenvalue weighted by Crippen LogP contribution is -2.52. The summed E-state index contributed by atoms with van der Waals surface area (Å²) in [7, 11) is 0. The summed E-state index contributed by atoms with van der Waals surface area (Å²) in [5, 5.41) is 3.24. The van der Waals surface area contributed by atoms with Gasteiger partial charge in [0, 0.05) is 18.0 Å². The number of carbonyl (C=O) groups is 1. The van der Waals surface area contributed by atoms with Crippen molar-refractivity contribution >= 4 is 5.78 Å². The number of Topliss-reactive ketones (excluding diaryl/α,β-unsaturated/α-hetero) is 1. The van der Waals surface area contributed by atoms with E-state index < -0.39 is 5.54 Å². The van der Waals surface area contributed by atoms with Crippen molar-refractivity contribution in [2.75, 3.05) is 0 Å². The number of hydrogen-bond donors (Lipinski definition) is 1. The third-order valence-corrected chi connectivity index (χ3v) is 2.96. The summed E-state index contributed by atoms with van der Waals surface area (Å²) in [6.45, 7) is 11.6. The molecule has 0 heterocycles. The number of benzene rings is 1. The maximum absolute atomic E-state index is 12.4. The fraction of sp³-hybridized carbons (Fsp3) is 0.438. The highest BCUT2D eigenvalue weighted by Crippen LogP contribution is 2.19. The minimum atomic E-state index is -0.582. The molecule has 0 saturated carbocycles. The second kappa shape index (κ2) is 5.85. The summed E-state index contributed by atoms with van der Waals surface area (Å²) < 4.78 is 0. The molecule has 2 nitrogen and oxygen atoms in total. The number of carbonyl (C=O) groups excluding carboxylic acids is 1. The molecule has 0 fully saturated rings. The predicted octanol–water partition coefficient (Wildman–Crippen LogP) is 3.34. The van der Waals surface area contributed by atoms with Crippen LogP contribution in [0.25, 0.3) is 0 Å². The van der Waals surface area contributed by atoms with Crippen LogP contribution in [0.4, 0.5) is 0 Å². The van der Waals surface area contributed by atoms with Crippen LogP contribution in [0, 0.1) is 5.92 Å². The molecule has 18 heavy (non-hydrogen) atoms. The number of rotatable bonds is 6. The van der Waals surface area contributed by atoms with Gasteiger partial charge >= 0.3 is 0 Å². The zero-order valence-corrected chi connectivity index (χ0v) is 11.8. The van der Waals surface area contributed by atoms with Crippen LogP contribution < -0.4 is 5.32 Å². The van der Waals surface area contributed by atoms with Crippen molar-refractivity contribution in [2.24, 2.45) is 5.92 Å². The van der Waals surface area contributed by atoms with Gasteiger partial charge in [-0.05, 0) is 19.4 Å². The Balaban J connectivity index is 2.98. The lowest BCUT2D eigenvalue weighted by atomic mass is 9.83. The van der Waals surface area contributed by atoms with Crippen molar-refractivity contribution in [2.45, 2.75) is 39.7 Å². The van der Waals surface area contributed by atoms with Gasteiger partial charge in [0.1, 0.15) is 0 Å². The smallest absolute Gasteiger partial charge is 0.160 e. The van der Waals surface area contributed by atoms with Crippen LogP contribution in [-0.2, 0) is 11.2 Å². The van der Waals surface area contributed by atoms with Gasteiger partial charge in [0.25, 0.3) is 0 Å². The van der Waals surface area contributed by atoms with Gasteiger partial charge in [-0.15, -0.1) is 0 Å². The van der Waals surface area contributed by atoms with Crippen molar-refractivity contribution < 1.29 is 4.79 Å². The fourth-order valence-corrected chi connectivity index (χ4v) is 2.31. The highest BCUT2D eigenvalue weighted by Gasteiger charge is 2.34. The van der Waals surface area contributed by atoms with Crippen molar-refractivity contribution in [3.63, 3.8) is 0 Å². The van der Waals surface area contributed by atoms with Crippen molar-refractivity contribution in [3.05, 3.63) is 48.2 Å². The monoisotopic (exact) mass is 245 g/mol. The summed E-state index contributed by atoms with van der Waals surface area (Å²) in [4.78, 5) is 12.4. The van der Waals surface area contributed by atoms with E-state index in [1.165, 1.54) is 0 Å². The van der Waals surface area contributed by atoms with Crippen molar-refractivity contribution in [3.8, 4) is 0 Å². The Labute approximate surface area is 110 Å². The van der Waals surface area contributed by atoms with Crippen LogP contribution in [0.15, 0.2) is 42.6 Å². The first-order chi connectivity index (χ1) is 8.35. The molecular formula is C16H23NO. The van der Waals surface area contributed by atoms with Crippen molar-refractivity contribution in [1.29, 1.82) is 0 Å². The molecule has 0 amide bonds. The van der Waals surface area contributed by atoms with Gasteiger partial charge < -0.3 is 5.32 Å². The molecule has 0 aliphatic heterocycles. The summed E-state index contributed by atoms with van der Waals surface area (Å²) in [5.74, 6) is 0.222. The normalized spacial score (nSPS) is 14.1. The molecule has 0 aliphatic rings. The van der Waals surface area contributed by atoms with Crippen LogP contribution in [0.3, 0.4) is 0 Å². The molecule has 0 radical (unpaired) electrons. The molecular weight excluding hydrogens is 222 g/mol. The number of ketones is 1. The van der Waals surface area contributed by atoms with Gasteiger partial charge in [0.2, 0.25) is 0 Å². The Bertz CT molecular complexity index is 422. The van der Waals surface area contributed by atoms with Crippen LogP contribution in [0.2, 0.25) is 0 Å². The highest BCUT2D eigenvalue weighted by atomic mass is 16.1. The average Bonchev–Trinajstić information content (AvgIpc) is 2.28. The standard InChI is InChI=1S/C16H23NO/c1-12(2)15(18)16(5,17-13(3)4)11-14-9-7-6-8-10-14/h6-10,12,17H,3,11H2,1-2,4-5H3/t16-/m0/s1. The molecule has 98 valence electrons. The number of hydrogen-bond acceptors (Lipinski definition) is 2. The number of allylic oxidation sites excluding steroid dienone is 1. The first-order valence-corrected chi connectivity index (χ1v) is 6.37. The third-order valence-electron chi connectivity index (χ3n) is 2.96. The van der Waals surface area contributed by atoms with Gasteiger partial charge in [-0.25, -0.2) is 0 Å². The molecule has 2 heteroatoms. The Hall–Kier alpha value is -1.57. The Kier molecular flexibility index (Phi) is 4.71. The van der Waals surface area contributed by atoms with Crippen LogP contribution in [0.1, 0.15) is 33.3 Å². The summed E-state index contributed by atoms with van der Waals surface area (Å²) >= 11 is 0. The first-order valence-electron chi connectivity index (χ1n) is 6.37. The highest BCUT2D eigenvalue weighted by molar-refractivity contribution is 5.90. The maximum Gasteiger partial charge on any atom is 0.160 e. The zero-order chi connectivity index (χ0) is 13.8. The van der Waals surface area contributed by atoms with E-state index in [9.17, 15) is 4.79 Å². The van der Waals surface area contributed by atoms with E-state index in [1.807, 2.05) is 58.0 Å². The van der Waals surface area contributed by atoms with Gasteiger partial charge in [0.15, 0.2) is 5.78 Å². The van der Waals surface area contributed by atoms with Crippen molar-refractivity contribution in [1.82, 2.24) is 5.32 Å². The van der Waals surface area contributed by atoms with Crippen LogP contribution in [-0.4, -0.2) is 11.3 Å². The quantitative estimate of drug-likeness (QED) is 0.833. The Morgan fingerprint density at radius 1 is 1.33 bits per heavy atom. The summed E-state index contributed by atoms with van der Waals surface area (Å²) in [5.41, 5.74) is 1.40. The summed E-state index contributed by atoms with van der Waals surface area (Å²) in [6.07, 6.45) is 0.678. The predicted molar refractivity (Wildman–Crippen MR) is 76.3 cm³/mol. The number of nitrogens with one attached hydrogen (secondary N) is 1. The first kappa shape index (κ1) is 14.5. The molecule has 0 saturated heterocycles. The maximum atomic E-state index is 12.4. The Morgan fingerprint density at radius 2 is 1.89 bits per heavy atom. The largest absolute Gasteiger partial charge is 0.377 e. The Morgan fingerprint density at radius 3 is 2.33 bits per heavy atom. The minimum Gasteiger partial charge on any atom is -0.377 e. The van der Waals surface area contributed by atoms with Gasteiger partial charge in [0.05, 0.1) is 5.54 Å². The van der Waals surface area contributed by atoms with E-state index in [0.717, 1.165) is 11.3 Å². The molecule has 0 bridgehead atoms. The molecule has 1 N–H and O–H groups in total. The lowest BCUT2D eigenvalue weighted by molar-refractivity contribution is -0.127. The molecule has 1 atom stereocenters. The summed E-state index contributed by atoms with van der Waals surface area (Å²) in [6, 6.07) is 10.1. The van der Waals surface area contributed by atoms with E-state index >= 15 is 0 Å². The molecule has 1 aromatic rings. The molecule has 0 aromatic heterocycles.